The molecule has 0 radical (unpaired) electrons. The molecule has 0 aliphatic carbocycles. The topological polar surface area (TPSA) is 92.1 Å². The molecule has 1 aromatic rings. The maximum atomic E-state index is 12.4. The van der Waals surface area contributed by atoms with Gasteiger partial charge in [0.2, 0.25) is 0 Å². The van der Waals surface area contributed by atoms with E-state index in [2.05, 4.69) is 20.8 Å². The van der Waals surface area contributed by atoms with Crippen molar-refractivity contribution in [3.63, 3.8) is 0 Å². The van der Waals surface area contributed by atoms with Crippen LogP contribution in [0.1, 0.15) is 37.3 Å². The Bertz CT molecular complexity index is 743. The molecule has 3 rings (SSSR count). The molecule has 1 fully saturated rings. The van der Waals surface area contributed by atoms with Gasteiger partial charge in [-0.15, -0.1) is 10.2 Å². The second kappa shape index (κ2) is 9.76. The summed E-state index contributed by atoms with van der Waals surface area (Å²) in [6.07, 6.45) is -0.475. The number of nitrogens with zero attached hydrogens (tertiary/aromatic N) is 4. The van der Waals surface area contributed by atoms with Crippen molar-refractivity contribution in [2.75, 3.05) is 32.7 Å². The quantitative estimate of drug-likeness (QED) is 0.659. The lowest BCUT2D eigenvalue weighted by Gasteiger charge is -2.32. The van der Waals surface area contributed by atoms with E-state index in [0.29, 0.717) is 45.4 Å². The molecule has 3 heterocycles. The van der Waals surface area contributed by atoms with Crippen molar-refractivity contribution < 1.29 is 22.8 Å². The Balaban J connectivity index is 1.29. The normalized spacial score (nSPS) is 20.6. The second-order valence-corrected chi connectivity index (χ2v) is 8.27. The zero-order chi connectivity index (χ0) is 21.7. The highest BCUT2D eigenvalue weighted by Crippen LogP contribution is 2.24. The molecule has 1 unspecified atom stereocenters. The molecule has 0 aromatic carbocycles. The summed E-state index contributed by atoms with van der Waals surface area (Å²) in [5.74, 6) is 0.981. The number of aryl methyl sites for hydroxylation is 2. The van der Waals surface area contributed by atoms with Crippen molar-refractivity contribution in [1.29, 1.82) is 0 Å². The summed E-state index contributed by atoms with van der Waals surface area (Å²) >= 11 is 0. The van der Waals surface area contributed by atoms with E-state index >= 15 is 0 Å². The van der Waals surface area contributed by atoms with Crippen LogP contribution in [0.2, 0.25) is 0 Å². The number of hydrogen-bond acceptors (Lipinski definition) is 5. The first-order chi connectivity index (χ1) is 14.2. The van der Waals surface area contributed by atoms with Crippen molar-refractivity contribution in [2.45, 2.75) is 51.7 Å². The zero-order valence-electron chi connectivity index (χ0n) is 17.2. The average molecular weight is 430 g/mol. The van der Waals surface area contributed by atoms with E-state index in [1.807, 2.05) is 11.5 Å². The number of likely N-dealkylation sites (tertiary alicyclic amines) is 1. The number of alkyl halides is 3. The molecule has 1 aromatic heterocycles. The Kier molecular flexibility index (Phi) is 7.32. The summed E-state index contributed by atoms with van der Waals surface area (Å²) in [6, 6.07) is 0. The summed E-state index contributed by atoms with van der Waals surface area (Å²) in [6.45, 7) is 3.34. The number of carbonyl (C=O) groups excluding carboxylic acids is 2. The lowest BCUT2D eigenvalue weighted by atomic mass is 9.93. The maximum Gasteiger partial charge on any atom is 0.401 e. The summed E-state index contributed by atoms with van der Waals surface area (Å²) < 4.78 is 39.3. The molecule has 0 spiro atoms. The van der Waals surface area contributed by atoms with Gasteiger partial charge in [-0.2, -0.15) is 13.2 Å². The van der Waals surface area contributed by atoms with Crippen molar-refractivity contribution >= 4 is 11.8 Å². The van der Waals surface area contributed by atoms with Crippen molar-refractivity contribution in [3.05, 3.63) is 11.6 Å². The Morgan fingerprint density at radius 3 is 2.47 bits per heavy atom. The predicted molar refractivity (Wildman–Crippen MR) is 102 cm³/mol. The Hall–Kier alpha value is -2.17. The van der Waals surface area contributed by atoms with Gasteiger partial charge in [0.25, 0.3) is 0 Å². The molecule has 2 aliphatic rings. The Morgan fingerprint density at radius 1 is 1.07 bits per heavy atom. The van der Waals surface area contributed by atoms with Crippen LogP contribution < -0.4 is 10.6 Å². The fourth-order valence-electron chi connectivity index (χ4n) is 4.17. The molecule has 2 aliphatic heterocycles. The second-order valence-electron chi connectivity index (χ2n) is 8.27. The van der Waals surface area contributed by atoms with Gasteiger partial charge in [-0.3, -0.25) is 14.5 Å². The SMILES string of the molecule is Cc1nnc2n1CC(CNC(=O)C(=O)NCCC1CCN(CC(F)(F)F)CC1)CC2. The highest BCUT2D eigenvalue weighted by Gasteiger charge is 2.32. The van der Waals surface area contributed by atoms with E-state index in [-0.39, 0.29) is 11.8 Å². The number of rotatable bonds is 6. The van der Waals surface area contributed by atoms with E-state index in [4.69, 9.17) is 0 Å². The van der Waals surface area contributed by atoms with Gasteiger partial charge in [0, 0.05) is 26.1 Å². The maximum absolute atomic E-state index is 12.4. The number of halogens is 3. The van der Waals surface area contributed by atoms with Crippen LogP contribution in [0.4, 0.5) is 13.2 Å². The first-order valence-electron chi connectivity index (χ1n) is 10.4. The first kappa shape index (κ1) is 22.5. The molecule has 2 N–H and O–H groups in total. The van der Waals surface area contributed by atoms with Gasteiger partial charge in [0.1, 0.15) is 11.6 Å². The Labute approximate surface area is 173 Å². The molecule has 11 heteroatoms. The van der Waals surface area contributed by atoms with Crippen LogP contribution >= 0.6 is 0 Å². The van der Waals surface area contributed by atoms with Crippen molar-refractivity contribution in [3.8, 4) is 0 Å². The van der Waals surface area contributed by atoms with E-state index in [0.717, 1.165) is 31.0 Å². The average Bonchev–Trinajstić information content (AvgIpc) is 3.06. The molecule has 30 heavy (non-hydrogen) atoms. The molecule has 8 nitrogen and oxygen atoms in total. The molecule has 1 saturated heterocycles. The molecule has 0 saturated carbocycles. The fourth-order valence-corrected chi connectivity index (χ4v) is 4.17. The van der Waals surface area contributed by atoms with E-state index in [9.17, 15) is 22.8 Å². The van der Waals surface area contributed by atoms with Crippen LogP contribution in [0.3, 0.4) is 0 Å². The highest BCUT2D eigenvalue weighted by atomic mass is 19.4. The van der Waals surface area contributed by atoms with Crippen LogP contribution in [0, 0.1) is 18.8 Å². The van der Waals surface area contributed by atoms with Gasteiger partial charge in [0.05, 0.1) is 6.54 Å². The van der Waals surface area contributed by atoms with Gasteiger partial charge in [-0.1, -0.05) is 0 Å². The van der Waals surface area contributed by atoms with Gasteiger partial charge >= 0.3 is 18.0 Å². The standard InChI is InChI=1S/C19H29F3N6O2/c1-13-25-26-16-3-2-15(11-28(13)16)10-24-18(30)17(29)23-7-4-14-5-8-27(9-6-14)12-19(20,21)22/h14-15H,2-12H2,1H3,(H,23,29)(H,24,30). The number of carbonyl (C=O) groups is 2. The molecule has 2 amide bonds. The monoisotopic (exact) mass is 430 g/mol. The minimum Gasteiger partial charge on any atom is -0.348 e. The minimum atomic E-state index is -4.16. The van der Waals surface area contributed by atoms with Crippen molar-refractivity contribution in [2.24, 2.45) is 11.8 Å². The number of nitrogens with one attached hydrogen (secondary N) is 2. The third-order valence-electron chi connectivity index (χ3n) is 5.94. The van der Waals surface area contributed by atoms with Crippen molar-refractivity contribution in [1.82, 2.24) is 30.3 Å². The molecule has 1 atom stereocenters. The number of aromatic nitrogens is 3. The van der Waals surface area contributed by atoms with E-state index in [1.54, 1.807) is 0 Å². The van der Waals surface area contributed by atoms with E-state index < -0.39 is 24.5 Å². The summed E-state index contributed by atoms with van der Waals surface area (Å²) in [7, 11) is 0. The lowest BCUT2D eigenvalue weighted by Crippen LogP contribution is -2.44. The lowest BCUT2D eigenvalue weighted by molar-refractivity contribution is -0.148. The van der Waals surface area contributed by atoms with E-state index in [1.165, 1.54) is 4.90 Å². The smallest absolute Gasteiger partial charge is 0.348 e. The largest absolute Gasteiger partial charge is 0.401 e. The molecular weight excluding hydrogens is 401 g/mol. The number of hydrogen-bond donors (Lipinski definition) is 2. The third-order valence-corrected chi connectivity index (χ3v) is 5.94. The van der Waals surface area contributed by atoms with Gasteiger partial charge < -0.3 is 15.2 Å². The highest BCUT2D eigenvalue weighted by molar-refractivity contribution is 6.35. The third kappa shape index (κ3) is 6.41. The zero-order valence-corrected chi connectivity index (χ0v) is 17.2. The van der Waals surface area contributed by atoms with Crippen LogP contribution in [0.25, 0.3) is 0 Å². The van der Waals surface area contributed by atoms with Crippen LogP contribution in [0.5, 0.6) is 0 Å². The van der Waals surface area contributed by atoms with Crippen LogP contribution in [-0.2, 0) is 22.6 Å². The predicted octanol–water partition coefficient (Wildman–Crippen LogP) is 1.05. The summed E-state index contributed by atoms with van der Waals surface area (Å²) in [5.41, 5.74) is 0. The minimum absolute atomic E-state index is 0.228. The van der Waals surface area contributed by atoms with Crippen LogP contribution in [-0.4, -0.2) is 70.4 Å². The summed E-state index contributed by atoms with van der Waals surface area (Å²) in [5, 5.41) is 13.5. The molecular formula is C19H29F3N6O2. The van der Waals surface area contributed by atoms with Gasteiger partial charge in [0.15, 0.2) is 0 Å². The molecule has 0 bridgehead atoms. The molecule has 168 valence electrons. The Morgan fingerprint density at radius 2 is 1.77 bits per heavy atom. The first-order valence-corrected chi connectivity index (χ1v) is 10.4. The number of amides is 2. The van der Waals surface area contributed by atoms with Gasteiger partial charge in [-0.05, 0) is 57.5 Å². The summed E-state index contributed by atoms with van der Waals surface area (Å²) in [4.78, 5) is 25.4. The number of fused-ring (bicyclic) bond motifs is 1. The fraction of sp³-hybridized carbons (Fsp3) is 0.789. The van der Waals surface area contributed by atoms with Gasteiger partial charge in [-0.25, -0.2) is 0 Å². The number of piperidine rings is 1. The van der Waals surface area contributed by atoms with Crippen LogP contribution in [0.15, 0.2) is 0 Å².